The van der Waals surface area contributed by atoms with E-state index in [2.05, 4.69) is 34.1 Å². The van der Waals surface area contributed by atoms with Crippen LogP contribution in [0.4, 0.5) is 22.0 Å². The predicted octanol–water partition coefficient (Wildman–Crippen LogP) is 5.46. The molecule has 5 rings (SSSR count). The molecule has 0 spiro atoms. The summed E-state index contributed by atoms with van der Waals surface area (Å²) in [7, 11) is 0. The third-order valence-corrected chi connectivity index (χ3v) is 8.43. The molecule has 1 aliphatic carbocycles. The smallest absolute Gasteiger partial charge is 0.412 e. The molecule has 0 radical (unpaired) electrons. The molecule has 1 N–H and O–H groups in total. The van der Waals surface area contributed by atoms with Gasteiger partial charge in [0.1, 0.15) is 5.82 Å². The number of benzene rings is 2. The Balaban J connectivity index is 1.09. The van der Waals surface area contributed by atoms with Crippen LogP contribution in [0.15, 0.2) is 48.5 Å². The molecule has 3 aromatic rings. The van der Waals surface area contributed by atoms with E-state index >= 15 is 0 Å². The fourth-order valence-electron chi connectivity index (χ4n) is 5.55. The van der Waals surface area contributed by atoms with Crippen LogP contribution < -0.4 is 9.80 Å². The molecule has 0 bridgehead atoms. The van der Waals surface area contributed by atoms with Crippen molar-refractivity contribution in [3.63, 3.8) is 0 Å². The zero-order chi connectivity index (χ0) is 25.1. The van der Waals surface area contributed by atoms with Crippen molar-refractivity contribution in [2.24, 2.45) is 5.92 Å². The van der Waals surface area contributed by atoms with E-state index in [9.17, 15) is 20.0 Å². The third kappa shape index (κ3) is 5.29. The van der Waals surface area contributed by atoms with Crippen molar-refractivity contribution >= 4 is 44.9 Å². The molecule has 1 aliphatic heterocycles. The topological polar surface area (TPSA) is 103 Å². The lowest BCUT2D eigenvalue weighted by Crippen LogP contribution is -2.47. The van der Waals surface area contributed by atoms with E-state index in [-0.39, 0.29) is 11.7 Å². The Kier molecular flexibility index (Phi) is 7.33. The van der Waals surface area contributed by atoms with E-state index in [1.54, 1.807) is 11.5 Å². The number of rotatable bonds is 7. The lowest BCUT2D eigenvalue weighted by atomic mass is 9.83. The fraction of sp³-hybridized carbons (Fsp3) is 0.462. The maximum absolute atomic E-state index is 12.0. The number of non-ortho nitro benzene ring substituents is 1. The standard InChI is InChI=1S/C26H31N5O4S/c32-26(33)30(21-9-11-22(12-10-21)31(34)35)20-7-5-19(6-8-20)13-14-28-15-17-29(18-16-28)25-23-3-1-2-4-24(23)36-27-25/h1-4,9-12,19-20H,5-8,13-18H2,(H,32,33)/t19-,20-. The predicted molar refractivity (Wildman–Crippen MR) is 142 cm³/mol. The SMILES string of the molecule is O=C(O)N(c1ccc([N+](=O)[O-])cc1)[C@H]1CC[C@H](CCN2CCN(c3nsc4ccccc34)CC2)CC1. The number of amides is 1. The molecule has 2 aromatic carbocycles. The molecule has 2 fully saturated rings. The van der Waals surface area contributed by atoms with Crippen molar-refractivity contribution in [3.8, 4) is 0 Å². The fourth-order valence-corrected chi connectivity index (χ4v) is 6.35. The summed E-state index contributed by atoms with van der Waals surface area (Å²) >= 11 is 1.57. The Bertz CT molecular complexity index is 1200. The van der Waals surface area contributed by atoms with Crippen LogP contribution in [0.1, 0.15) is 32.1 Å². The first-order valence-electron chi connectivity index (χ1n) is 12.6. The molecule has 2 heterocycles. The summed E-state index contributed by atoms with van der Waals surface area (Å²) in [5.41, 5.74) is 0.468. The lowest BCUT2D eigenvalue weighted by molar-refractivity contribution is -0.384. The number of hydrogen-bond donors (Lipinski definition) is 1. The molecule has 1 saturated heterocycles. The number of carbonyl (C=O) groups is 1. The van der Waals surface area contributed by atoms with Gasteiger partial charge in [-0.3, -0.25) is 19.9 Å². The molecular formula is C26H31N5O4S. The zero-order valence-corrected chi connectivity index (χ0v) is 21.0. The van der Waals surface area contributed by atoms with E-state index in [1.807, 2.05) is 0 Å². The zero-order valence-electron chi connectivity index (χ0n) is 20.2. The van der Waals surface area contributed by atoms with Gasteiger partial charge in [0, 0.05) is 55.4 Å². The van der Waals surface area contributed by atoms with Crippen molar-refractivity contribution in [2.45, 2.75) is 38.1 Å². The van der Waals surface area contributed by atoms with Crippen LogP contribution >= 0.6 is 11.5 Å². The van der Waals surface area contributed by atoms with Gasteiger partial charge in [-0.25, -0.2) is 4.79 Å². The summed E-state index contributed by atoms with van der Waals surface area (Å²) in [5, 5.41) is 22.0. The highest BCUT2D eigenvalue weighted by Gasteiger charge is 2.30. The number of fused-ring (bicyclic) bond motifs is 1. The number of aromatic nitrogens is 1. The van der Waals surface area contributed by atoms with Gasteiger partial charge in [0.05, 0.1) is 9.62 Å². The van der Waals surface area contributed by atoms with E-state index in [0.717, 1.165) is 70.6 Å². The minimum atomic E-state index is -1.00. The van der Waals surface area contributed by atoms with Crippen LogP contribution in [0.5, 0.6) is 0 Å². The van der Waals surface area contributed by atoms with Crippen LogP contribution in [0.25, 0.3) is 10.1 Å². The summed E-state index contributed by atoms with van der Waals surface area (Å²) < 4.78 is 5.94. The molecule has 2 aliphatic rings. The Morgan fingerprint density at radius 2 is 1.75 bits per heavy atom. The van der Waals surface area contributed by atoms with Gasteiger partial charge in [0.2, 0.25) is 0 Å². The van der Waals surface area contributed by atoms with Gasteiger partial charge in [-0.05, 0) is 80.4 Å². The van der Waals surface area contributed by atoms with Gasteiger partial charge in [-0.15, -0.1) is 0 Å². The number of anilines is 2. The van der Waals surface area contributed by atoms with E-state index in [1.165, 1.54) is 39.3 Å². The molecule has 10 heteroatoms. The first-order valence-corrected chi connectivity index (χ1v) is 13.4. The minimum Gasteiger partial charge on any atom is -0.465 e. The Morgan fingerprint density at radius 1 is 1.06 bits per heavy atom. The number of nitrogens with zero attached hydrogens (tertiary/aromatic N) is 5. The average Bonchev–Trinajstić information content (AvgIpc) is 3.33. The number of piperazine rings is 1. The molecule has 0 unspecified atom stereocenters. The molecule has 36 heavy (non-hydrogen) atoms. The first kappa shape index (κ1) is 24.5. The van der Waals surface area contributed by atoms with Crippen LogP contribution in [0.2, 0.25) is 0 Å². The van der Waals surface area contributed by atoms with Crippen molar-refractivity contribution in [2.75, 3.05) is 42.5 Å². The average molecular weight is 510 g/mol. The second-order valence-electron chi connectivity index (χ2n) is 9.72. The van der Waals surface area contributed by atoms with Gasteiger partial charge in [0.25, 0.3) is 5.69 Å². The Hall–Kier alpha value is -3.24. The largest absolute Gasteiger partial charge is 0.465 e. The van der Waals surface area contributed by atoms with Crippen molar-refractivity contribution in [1.82, 2.24) is 9.27 Å². The summed E-state index contributed by atoms with van der Waals surface area (Å²) in [6.07, 6.45) is 3.78. The Morgan fingerprint density at radius 3 is 2.42 bits per heavy atom. The van der Waals surface area contributed by atoms with Crippen LogP contribution in [0, 0.1) is 16.0 Å². The molecule has 190 valence electrons. The number of carboxylic acid groups (broad SMARTS) is 1. The van der Waals surface area contributed by atoms with Gasteiger partial charge < -0.3 is 10.0 Å². The van der Waals surface area contributed by atoms with Gasteiger partial charge in [0.15, 0.2) is 0 Å². The Labute approximate surface area is 214 Å². The molecule has 1 amide bonds. The van der Waals surface area contributed by atoms with E-state index in [0.29, 0.717) is 11.6 Å². The molecule has 1 saturated carbocycles. The highest BCUT2D eigenvalue weighted by atomic mass is 32.1. The molecule has 0 atom stereocenters. The van der Waals surface area contributed by atoms with Gasteiger partial charge >= 0.3 is 6.09 Å². The number of hydrogen-bond acceptors (Lipinski definition) is 7. The number of nitro groups is 1. The normalized spacial score (nSPS) is 20.9. The van der Waals surface area contributed by atoms with Gasteiger partial charge in [-0.1, -0.05) is 12.1 Å². The van der Waals surface area contributed by atoms with Gasteiger partial charge in [-0.2, -0.15) is 4.37 Å². The van der Waals surface area contributed by atoms with Crippen LogP contribution in [0.3, 0.4) is 0 Å². The summed E-state index contributed by atoms with van der Waals surface area (Å²) in [4.78, 5) is 28.8. The van der Waals surface area contributed by atoms with Crippen LogP contribution in [-0.4, -0.2) is 64.2 Å². The van der Waals surface area contributed by atoms with E-state index < -0.39 is 11.0 Å². The maximum Gasteiger partial charge on any atom is 0.412 e. The maximum atomic E-state index is 12.0. The summed E-state index contributed by atoms with van der Waals surface area (Å²) in [6, 6.07) is 14.1. The molecule has 1 aromatic heterocycles. The molecular weight excluding hydrogens is 478 g/mol. The summed E-state index contributed by atoms with van der Waals surface area (Å²) in [6.45, 7) is 5.13. The first-order chi connectivity index (χ1) is 17.5. The highest BCUT2D eigenvalue weighted by molar-refractivity contribution is 7.13. The quantitative estimate of drug-likeness (QED) is 0.333. The third-order valence-electron chi connectivity index (χ3n) is 7.61. The highest BCUT2D eigenvalue weighted by Crippen LogP contribution is 2.34. The number of nitro benzene ring substituents is 1. The second-order valence-corrected chi connectivity index (χ2v) is 10.5. The lowest BCUT2D eigenvalue weighted by Gasteiger charge is -2.38. The summed E-state index contributed by atoms with van der Waals surface area (Å²) in [5.74, 6) is 1.72. The minimum absolute atomic E-state index is 0.0337. The molecule has 9 nitrogen and oxygen atoms in total. The van der Waals surface area contributed by atoms with E-state index in [4.69, 9.17) is 4.37 Å². The van der Waals surface area contributed by atoms with Crippen molar-refractivity contribution in [1.29, 1.82) is 0 Å². The second kappa shape index (κ2) is 10.8. The van der Waals surface area contributed by atoms with Crippen molar-refractivity contribution < 1.29 is 14.8 Å². The monoisotopic (exact) mass is 509 g/mol. The van der Waals surface area contributed by atoms with Crippen LogP contribution in [-0.2, 0) is 0 Å². The van der Waals surface area contributed by atoms with Crippen molar-refractivity contribution in [3.05, 3.63) is 58.6 Å².